The number of hydrogen-bond acceptors (Lipinski definition) is 3. The Bertz CT molecular complexity index is 520. The summed E-state index contributed by atoms with van der Waals surface area (Å²) in [6, 6.07) is 7.33. The van der Waals surface area contributed by atoms with Crippen molar-refractivity contribution in [3.8, 4) is 0 Å². The Hall–Kier alpha value is -1.88. The molecule has 0 aromatic heterocycles. The minimum Gasteiger partial charge on any atom is -0.326 e. The number of carbonyl (C=O) groups excluding carboxylic acids is 2. The van der Waals surface area contributed by atoms with Crippen LogP contribution in [0.25, 0.3) is 0 Å². The first-order chi connectivity index (χ1) is 9.72. The van der Waals surface area contributed by atoms with Gasteiger partial charge in [0.2, 0.25) is 11.8 Å². The average molecular weight is 273 g/mol. The van der Waals surface area contributed by atoms with E-state index < -0.39 is 0 Å². The van der Waals surface area contributed by atoms with Crippen molar-refractivity contribution >= 4 is 23.2 Å². The topological polar surface area (TPSA) is 70.2 Å². The lowest BCUT2D eigenvalue weighted by molar-refractivity contribution is -0.119. The van der Waals surface area contributed by atoms with Gasteiger partial charge in [0, 0.05) is 23.8 Å². The molecule has 0 bridgehead atoms. The predicted octanol–water partition coefficient (Wildman–Crippen LogP) is 1.58. The molecule has 1 saturated heterocycles. The smallest absolute Gasteiger partial charge is 0.228 e. The SMILES string of the molecule is O=C(Nc1cccc(NC(=O)C2CCNC2)c1)C1CC1. The summed E-state index contributed by atoms with van der Waals surface area (Å²) in [5.74, 6) is 0.340. The molecule has 1 aliphatic heterocycles. The van der Waals surface area contributed by atoms with E-state index >= 15 is 0 Å². The monoisotopic (exact) mass is 273 g/mol. The lowest BCUT2D eigenvalue weighted by Gasteiger charge is -2.11. The molecule has 5 nitrogen and oxygen atoms in total. The number of benzene rings is 1. The van der Waals surface area contributed by atoms with Crippen molar-refractivity contribution in [3.05, 3.63) is 24.3 Å². The molecule has 1 aromatic rings. The summed E-state index contributed by atoms with van der Waals surface area (Å²) in [4.78, 5) is 23.7. The van der Waals surface area contributed by atoms with Gasteiger partial charge in [-0.2, -0.15) is 0 Å². The van der Waals surface area contributed by atoms with E-state index in [1.54, 1.807) is 6.07 Å². The Balaban J connectivity index is 1.61. The van der Waals surface area contributed by atoms with E-state index in [0.29, 0.717) is 0 Å². The maximum Gasteiger partial charge on any atom is 0.228 e. The molecule has 3 rings (SSSR count). The predicted molar refractivity (Wildman–Crippen MR) is 77.4 cm³/mol. The minimum absolute atomic E-state index is 0.0414. The van der Waals surface area contributed by atoms with Crippen molar-refractivity contribution in [3.63, 3.8) is 0 Å². The van der Waals surface area contributed by atoms with Crippen molar-refractivity contribution in [2.75, 3.05) is 23.7 Å². The lowest BCUT2D eigenvalue weighted by Crippen LogP contribution is -2.24. The van der Waals surface area contributed by atoms with Gasteiger partial charge in [0.25, 0.3) is 0 Å². The number of rotatable bonds is 4. The van der Waals surface area contributed by atoms with Crippen LogP contribution in [0, 0.1) is 11.8 Å². The van der Waals surface area contributed by atoms with E-state index in [1.807, 2.05) is 18.2 Å². The maximum absolute atomic E-state index is 12.0. The van der Waals surface area contributed by atoms with Gasteiger partial charge in [-0.05, 0) is 44.0 Å². The third kappa shape index (κ3) is 3.17. The molecular formula is C15H19N3O2. The highest BCUT2D eigenvalue weighted by Crippen LogP contribution is 2.30. The molecule has 2 amide bonds. The van der Waals surface area contributed by atoms with Crippen LogP contribution in [0.1, 0.15) is 19.3 Å². The first kappa shape index (κ1) is 13.1. The first-order valence-corrected chi connectivity index (χ1v) is 7.15. The lowest BCUT2D eigenvalue weighted by atomic mass is 10.1. The summed E-state index contributed by atoms with van der Waals surface area (Å²) < 4.78 is 0. The van der Waals surface area contributed by atoms with Crippen LogP contribution in [0.5, 0.6) is 0 Å². The van der Waals surface area contributed by atoms with E-state index in [9.17, 15) is 9.59 Å². The molecule has 3 N–H and O–H groups in total. The van der Waals surface area contributed by atoms with Crippen molar-refractivity contribution in [1.82, 2.24) is 5.32 Å². The van der Waals surface area contributed by atoms with Crippen molar-refractivity contribution in [1.29, 1.82) is 0 Å². The van der Waals surface area contributed by atoms with Crippen molar-refractivity contribution < 1.29 is 9.59 Å². The van der Waals surface area contributed by atoms with Gasteiger partial charge in [-0.1, -0.05) is 6.07 Å². The zero-order valence-electron chi connectivity index (χ0n) is 11.3. The highest BCUT2D eigenvalue weighted by molar-refractivity contribution is 5.96. The Morgan fingerprint density at radius 2 is 1.65 bits per heavy atom. The van der Waals surface area contributed by atoms with Crippen LogP contribution in [0.3, 0.4) is 0 Å². The summed E-state index contributed by atoms with van der Waals surface area (Å²) in [5, 5.41) is 8.97. The molecule has 0 radical (unpaired) electrons. The molecular weight excluding hydrogens is 254 g/mol. The fraction of sp³-hybridized carbons (Fsp3) is 0.467. The standard InChI is InChI=1S/C15H19N3O2/c19-14(10-4-5-10)17-12-2-1-3-13(8-12)18-15(20)11-6-7-16-9-11/h1-3,8,10-11,16H,4-7,9H2,(H,17,19)(H,18,20). The van der Waals surface area contributed by atoms with Gasteiger partial charge in [-0.3, -0.25) is 9.59 Å². The van der Waals surface area contributed by atoms with Crippen LogP contribution in [-0.4, -0.2) is 24.9 Å². The van der Waals surface area contributed by atoms with E-state index in [1.165, 1.54) is 0 Å². The highest BCUT2D eigenvalue weighted by Gasteiger charge is 2.29. The number of nitrogens with one attached hydrogen (secondary N) is 3. The van der Waals surface area contributed by atoms with E-state index in [-0.39, 0.29) is 23.7 Å². The molecule has 1 aromatic carbocycles. The molecule has 1 unspecified atom stereocenters. The van der Waals surface area contributed by atoms with Crippen LogP contribution >= 0.6 is 0 Å². The van der Waals surface area contributed by atoms with Gasteiger partial charge in [0.15, 0.2) is 0 Å². The summed E-state index contributed by atoms with van der Waals surface area (Å²) in [6.45, 7) is 1.64. The fourth-order valence-electron chi connectivity index (χ4n) is 2.39. The van der Waals surface area contributed by atoms with E-state index in [4.69, 9.17) is 0 Å². The van der Waals surface area contributed by atoms with Crippen molar-refractivity contribution in [2.45, 2.75) is 19.3 Å². The molecule has 1 aliphatic carbocycles. The Kier molecular flexibility index (Phi) is 3.69. The molecule has 20 heavy (non-hydrogen) atoms. The Morgan fingerprint density at radius 1 is 1.00 bits per heavy atom. The summed E-state index contributed by atoms with van der Waals surface area (Å²) in [7, 11) is 0. The van der Waals surface area contributed by atoms with Gasteiger partial charge in [-0.15, -0.1) is 0 Å². The first-order valence-electron chi connectivity index (χ1n) is 7.15. The number of hydrogen-bond donors (Lipinski definition) is 3. The molecule has 0 spiro atoms. The average Bonchev–Trinajstić information content (AvgIpc) is 3.14. The second-order valence-corrected chi connectivity index (χ2v) is 5.52. The van der Waals surface area contributed by atoms with Crippen LogP contribution in [0.4, 0.5) is 11.4 Å². The minimum atomic E-state index is 0.0414. The van der Waals surface area contributed by atoms with Crippen LogP contribution in [0.15, 0.2) is 24.3 Å². The molecule has 1 atom stereocenters. The summed E-state index contributed by atoms with van der Waals surface area (Å²) in [5.41, 5.74) is 1.47. The second-order valence-electron chi connectivity index (χ2n) is 5.52. The van der Waals surface area contributed by atoms with Crippen molar-refractivity contribution in [2.24, 2.45) is 11.8 Å². The third-order valence-electron chi connectivity index (χ3n) is 3.78. The number of carbonyl (C=O) groups is 2. The number of anilines is 2. The normalized spacial score (nSPS) is 21.5. The fourth-order valence-corrected chi connectivity index (χ4v) is 2.39. The van der Waals surface area contributed by atoms with E-state index in [2.05, 4.69) is 16.0 Å². The second kappa shape index (κ2) is 5.63. The van der Waals surface area contributed by atoms with Gasteiger partial charge < -0.3 is 16.0 Å². The quantitative estimate of drug-likeness (QED) is 0.780. The largest absolute Gasteiger partial charge is 0.326 e. The summed E-state index contributed by atoms with van der Waals surface area (Å²) in [6.07, 6.45) is 2.85. The summed E-state index contributed by atoms with van der Waals surface area (Å²) >= 11 is 0. The van der Waals surface area contributed by atoms with E-state index in [0.717, 1.165) is 43.7 Å². The van der Waals surface area contributed by atoms with Gasteiger partial charge in [0.1, 0.15) is 0 Å². The van der Waals surface area contributed by atoms with Gasteiger partial charge in [0.05, 0.1) is 5.92 Å². The molecule has 1 saturated carbocycles. The zero-order valence-corrected chi connectivity index (χ0v) is 11.3. The van der Waals surface area contributed by atoms with Crippen LogP contribution in [0.2, 0.25) is 0 Å². The zero-order chi connectivity index (χ0) is 13.9. The Morgan fingerprint density at radius 3 is 2.20 bits per heavy atom. The van der Waals surface area contributed by atoms with Gasteiger partial charge in [-0.25, -0.2) is 0 Å². The molecule has 1 heterocycles. The molecule has 2 aliphatic rings. The van der Waals surface area contributed by atoms with Crippen LogP contribution in [-0.2, 0) is 9.59 Å². The molecule has 106 valence electrons. The van der Waals surface area contributed by atoms with Crippen LogP contribution < -0.4 is 16.0 Å². The Labute approximate surface area is 118 Å². The van der Waals surface area contributed by atoms with Gasteiger partial charge >= 0.3 is 0 Å². The molecule has 2 fully saturated rings. The number of amides is 2. The highest BCUT2D eigenvalue weighted by atomic mass is 16.2. The molecule has 5 heteroatoms. The third-order valence-corrected chi connectivity index (χ3v) is 3.78. The maximum atomic E-state index is 12.0.